The fourth-order valence-electron chi connectivity index (χ4n) is 3.25. The second-order valence-electron chi connectivity index (χ2n) is 6.61. The number of carbonyl (C=O) groups is 2. The number of rotatable bonds is 4. The summed E-state index contributed by atoms with van der Waals surface area (Å²) in [6, 6.07) is 5.45. The molecule has 24 heavy (non-hydrogen) atoms. The molecule has 1 aromatic carbocycles. The Labute approximate surface area is 147 Å². The standard InChI is InChI=1S/C18H24ClN3O2/c1-3-21-7-9-22(10-8-21)18(24)14-11-13(14)17(23)20-16-6-4-5-15(19)12(16)2/h4-6,13-14H,3,7-11H2,1-2H3,(H,20,23). The zero-order valence-electron chi connectivity index (χ0n) is 14.2. The largest absolute Gasteiger partial charge is 0.340 e. The predicted molar refractivity (Wildman–Crippen MR) is 95.1 cm³/mol. The van der Waals surface area contributed by atoms with E-state index in [1.165, 1.54) is 0 Å². The van der Waals surface area contributed by atoms with E-state index in [0.29, 0.717) is 11.4 Å². The number of nitrogens with one attached hydrogen (secondary N) is 1. The minimum atomic E-state index is -0.208. The molecule has 1 N–H and O–H groups in total. The molecule has 1 aliphatic carbocycles. The summed E-state index contributed by atoms with van der Waals surface area (Å²) in [5.74, 6) is -0.308. The van der Waals surface area contributed by atoms with Crippen LogP contribution in [0.15, 0.2) is 18.2 Å². The van der Waals surface area contributed by atoms with Gasteiger partial charge in [0.2, 0.25) is 11.8 Å². The van der Waals surface area contributed by atoms with Gasteiger partial charge in [0, 0.05) is 36.9 Å². The Morgan fingerprint density at radius 1 is 1.21 bits per heavy atom. The van der Waals surface area contributed by atoms with E-state index >= 15 is 0 Å². The Kier molecular flexibility index (Phi) is 5.11. The van der Waals surface area contributed by atoms with Crippen LogP contribution in [-0.2, 0) is 9.59 Å². The summed E-state index contributed by atoms with van der Waals surface area (Å²) in [5.41, 5.74) is 1.58. The average molecular weight is 350 g/mol. The maximum atomic E-state index is 12.6. The second-order valence-corrected chi connectivity index (χ2v) is 7.02. The van der Waals surface area contributed by atoms with Crippen molar-refractivity contribution in [2.24, 2.45) is 11.8 Å². The maximum Gasteiger partial charge on any atom is 0.228 e. The Morgan fingerprint density at radius 3 is 2.58 bits per heavy atom. The number of amides is 2. The van der Waals surface area contributed by atoms with E-state index in [4.69, 9.17) is 11.6 Å². The Morgan fingerprint density at radius 2 is 1.92 bits per heavy atom. The molecule has 1 saturated carbocycles. The van der Waals surface area contributed by atoms with Gasteiger partial charge in [-0.3, -0.25) is 9.59 Å². The molecule has 1 aromatic rings. The number of carbonyl (C=O) groups excluding carboxylic acids is 2. The first-order valence-electron chi connectivity index (χ1n) is 8.58. The molecule has 0 radical (unpaired) electrons. The number of hydrogen-bond donors (Lipinski definition) is 1. The van der Waals surface area contributed by atoms with E-state index < -0.39 is 0 Å². The predicted octanol–water partition coefficient (Wildman–Crippen LogP) is 2.39. The van der Waals surface area contributed by atoms with Crippen molar-refractivity contribution in [3.05, 3.63) is 28.8 Å². The van der Waals surface area contributed by atoms with E-state index in [1.807, 2.05) is 24.0 Å². The van der Waals surface area contributed by atoms with Gasteiger partial charge in [-0.2, -0.15) is 0 Å². The third-order valence-electron chi connectivity index (χ3n) is 5.10. The molecule has 0 bridgehead atoms. The Hall–Kier alpha value is -1.59. The van der Waals surface area contributed by atoms with Crippen molar-refractivity contribution in [3.63, 3.8) is 0 Å². The molecule has 130 valence electrons. The van der Waals surface area contributed by atoms with Crippen LogP contribution in [0.2, 0.25) is 5.02 Å². The van der Waals surface area contributed by atoms with Gasteiger partial charge in [0.25, 0.3) is 0 Å². The molecule has 2 fully saturated rings. The number of nitrogens with zero attached hydrogens (tertiary/aromatic N) is 2. The molecule has 0 spiro atoms. The molecule has 1 aliphatic heterocycles. The monoisotopic (exact) mass is 349 g/mol. The van der Waals surface area contributed by atoms with E-state index in [2.05, 4.69) is 17.1 Å². The highest BCUT2D eigenvalue weighted by Gasteiger charge is 2.49. The molecule has 2 unspecified atom stereocenters. The van der Waals surface area contributed by atoms with E-state index in [-0.39, 0.29) is 23.7 Å². The van der Waals surface area contributed by atoms with Gasteiger partial charge in [-0.25, -0.2) is 0 Å². The normalized spacial score (nSPS) is 23.9. The fourth-order valence-corrected chi connectivity index (χ4v) is 3.42. The molecular formula is C18H24ClN3O2. The van der Waals surface area contributed by atoms with Crippen molar-refractivity contribution in [1.82, 2.24) is 9.80 Å². The molecule has 0 aromatic heterocycles. The number of hydrogen-bond acceptors (Lipinski definition) is 3. The summed E-state index contributed by atoms with van der Waals surface area (Å²) in [5, 5.41) is 3.54. The van der Waals surface area contributed by atoms with Gasteiger partial charge < -0.3 is 15.1 Å². The minimum absolute atomic E-state index is 0.0779. The Bertz CT molecular complexity index is 641. The van der Waals surface area contributed by atoms with Gasteiger partial charge in [0.15, 0.2) is 0 Å². The van der Waals surface area contributed by atoms with Crippen LogP contribution in [0.5, 0.6) is 0 Å². The van der Waals surface area contributed by atoms with Crippen molar-refractivity contribution in [2.45, 2.75) is 20.3 Å². The van der Waals surface area contributed by atoms with Gasteiger partial charge in [0.05, 0.1) is 11.8 Å². The number of anilines is 1. The summed E-state index contributed by atoms with van der Waals surface area (Å²) in [6.07, 6.45) is 0.651. The van der Waals surface area contributed by atoms with E-state index in [0.717, 1.165) is 44.0 Å². The highest BCUT2D eigenvalue weighted by molar-refractivity contribution is 6.31. The lowest BCUT2D eigenvalue weighted by molar-refractivity contribution is -0.135. The van der Waals surface area contributed by atoms with Crippen LogP contribution in [0.4, 0.5) is 5.69 Å². The summed E-state index contributed by atoms with van der Waals surface area (Å²) in [7, 11) is 0. The van der Waals surface area contributed by atoms with Gasteiger partial charge >= 0.3 is 0 Å². The molecule has 2 aliphatic rings. The summed E-state index contributed by atoms with van der Waals surface area (Å²) < 4.78 is 0. The SMILES string of the molecule is CCN1CCN(C(=O)C2CC2C(=O)Nc2cccc(Cl)c2C)CC1. The lowest BCUT2D eigenvalue weighted by atomic mass is 10.2. The van der Waals surface area contributed by atoms with Gasteiger partial charge in [-0.1, -0.05) is 24.6 Å². The van der Waals surface area contributed by atoms with E-state index in [1.54, 1.807) is 6.07 Å². The molecule has 2 atom stereocenters. The molecule has 1 saturated heterocycles. The summed E-state index contributed by atoms with van der Waals surface area (Å²) in [6.45, 7) is 8.42. The van der Waals surface area contributed by atoms with Gasteiger partial charge in [-0.15, -0.1) is 0 Å². The van der Waals surface area contributed by atoms with Crippen LogP contribution >= 0.6 is 11.6 Å². The highest BCUT2D eigenvalue weighted by atomic mass is 35.5. The van der Waals surface area contributed by atoms with Crippen LogP contribution in [0.25, 0.3) is 0 Å². The first kappa shape index (κ1) is 17.2. The lowest BCUT2D eigenvalue weighted by Gasteiger charge is -2.34. The average Bonchev–Trinajstić information content (AvgIpc) is 3.39. The van der Waals surface area contributed by atoms with Gasteiger partial charge in [-0.05, 0) is 37.6 Å². The first-order valence-corrected chi connectivity index (χ1v) is 8.96. The van der Waals surface area contributed by atoms with Crippen LogP contribution in [0.1, 0.15) is 18.9 Å². The zero-order chi connectivity index (χ0) is 17.3. The lowest BCUT2D eigenvalue weighted by Crippen LogP contribution is -2.49. The first-order chi connectivity index (χ1) is 11.5. The van der Waals surface area contributed by atoms with Crippen molar-refractivity contribution in [1.29, 1.82) is 0 Å². The Balaban J connectivity index is 1.54. The molecule has 6 heteroatoms. The van der Waals surface area contributed by atoms with Crippen molar-refractivity contribution in [2.75, 3.05) is 38.0 Å². The van der Waals surface area contributed by atoms with Crippen LogP contribution < -0.4 is 5.32 Å². The quantitative estimate of drug-likeness (QED) is 0.908. The van der Waals surface area contributed by atoms with Crippen molar-refractivity contribution >= 4 is 29.1 Å². The fraction of sp³-hybridized carbons (Fsp3) is 0.556. The maximum absolute atomic E-state index is 12.6. The van der Waals surface area contributed by atoms with Crippen molar-refractivity contribution in [3.8, 4) is 0 Å². The summed E-state index contributed by atoms with van der Waals surface area (Å²) in [4.78, 5) is 29.2. The van der Waals surface area contributed by atoms with Crippen LogP contribution in [0, 0.1) is 18.8 Å². The topological polar surface area (TPSA) is 52.7 Å². The van der Waals surface area contributed by atoms with Crippen LogP contribution in [-0.4, -0.2) is 54.3 Å². The third kappa shape index (κ3) is 3.57. The smallest absolute Gasteiger partial charge is 0.228 e. The zero-order valence-corrected chi connectivity index (χ0v) is 15.0. The molecule has 1 heterocycles. The number of benzene rings is 1. The molecule has 2 amide bonds. The molecule has 3 rings (SSSR count). The number of halogens is 1. The molecular weight excluding hydrogens is 326 g/mol. The third-order valence-corrected chi connectivity index (χ3v) is 5.51. The molecule has 5 nitrogen and oxygen atoms in total. The van der Waals surface area contributed by atoms with Gasteiger partial charge in [0.1, 0.15) is 0 Å². The van der Waals surface area contributed by atoms with E-state index in [9.17, 15) is 9.59 Å². The minimum Gasteiger partial charge on any atom is -0.340 e. The van der Waals surface area contributed by atoms with Crippen LogP contribution in [0.3, 0.4) is 0 Å². The second kappa shape index (κ2) is 7.11. The van der Waals surface area contributed by atoms with Crippen molar-refractivity contribution < 1.29 is 9.59 Å². The number of likely N-dealkylation sites (N-methyl/N-ethyl adjacent to an activating group) is 1. The summed E-state index contributed by atoms with van der Waals surface area (Å²) >= 11 is 6.08. The number of piperazine rings is 1. The highest BCUT2D eigenvalue weighted by Crippen LogP contribution is 2.41.